The Kier molecular flexibility index (Phi) is 25.6. The Balaban J connectivity index is 0.000000157. The number of hydrogen-bond acceptors (Lipinski definition) is 20. The highest BCUT2D eigenvalue weighted by Crippen LogP contribution is 2.42. The van der Waals surface area contributed by atoms with E-state index in [0.29, 0.717) is 30.5 Å². The number of rotatable bonds is 14. The SMILES string of the molecule is CCC1O[C@H]([C@H](C)c2ccc(Br)cc2C)C(OC(C)=O)[C@@H](C)[C@@H]1C.Cc1cc(-c2ccc3ccncc3c2)ccc1[C@@H](O)[C@H]1OC(CO)[C@@H](O)[C@H](O)C1O.Cc1cc(-c2ccc3ccncc3c2)ccc1[C@@H](O)[C@H]1OC(CO)[C@@H](O)[C@H](O)C1O.O[B]Oc1ccc2ccncc2c1. The van der Waals surface area contributed by atoms with Gasteiger partial charge < -0.3 is 79.7 Å². The Hall–Kier alpha value is -7.20. The van der Waals surface area contributed by atoms with Gasteiger partial charge in [0, 0.05) is 76.6 Å². The average molecular weight is 1390 g/mol. The largest absolute Gasteiger partial charge is 0.569 e. The third-order valence-corrected chi connectivity index (χ3v) is 19.4. The van der Waals surface area contributed by atoms with Crippen molar-refractivity contribution in [1.29, 1.82) is 0 Å². The Morgan fingerprint density at radius 3 is 1.35 bits per heavy atom. The van der Waals surface area contributed by atoms with E-state index in [1.807, 2.05) is 117 Å². The van der Waals surface area contributed by atoms with Gasteiger partial charge in [0.2, 0.25) is 0 Å². The Morgan fingerprint density at radius 1 is 0.515 bits per heavy atom. The van der Waals surface area contributed by atoms with Crippen molar-refractivity contribution >= 4 is 61.9 Å². The molecule has 3 aromatic heterocycles. The minimum Gasteiger partial charge on any atom is -0.537 e. The second kappa shape index (κ2) is 33.6. The van der Waals surface area contributed by atoms with E-state index < -0.39 is 86.5 Å². The minimum atomic E-state index is -1.53. The Labute approximate surface area is 573 Å². The van der Waals surface area contributed by atoms with Gasteiger partial charge in [0.25, 0.3) is 0 Å². The summed E-state index contributed by atoms with van der Waals surface area (Å²) >= 11 is 3.52. The number of ether oxygens (including phenoxy) is 4. The van der Waals surface area contributed by atoms with E-state index in [9.17, 15) is 55.9 Å². The molecule has 6 heterocycles. The number of carbonyl (C=O) groups is 1. The van der Waals surface area contributed by atoms with Crippen molar-refractivity contribution in [2.75, 3.05) is 13.2 Å². The van der Waals surface area contributed by atoms with Gasteiger partial charge in [-0.2, -0.15) is 0 Å². The second-order valence-corrected chi connectivity index (χ2v) is 26.1. The van der Waals surface area contributed by atoms with Crippen LogP contribution in [0.4, 0.5) is 0 Å². The Morgan fingerprint density at radius 2 is 0.928 bits per heavy atom. The first kappa shape index (κ1) is 74.0. The van der Waals surface area contributed by atoms with Crippen molar-refractivity contribution in [2.24, 2.45) is 11.8 Å². The summed E-state index contributed by atoms with van der Waals surface area (Å²) in [6.07, 6.45) is -4.49. The highest BCUT2D eigenvalue weighted by Gasteiger charge is 2.49. The number of esters is 1. The zero-order valence-corrected chi connectivity index (χ0v) is 56.9. The van der Waals surface area contributed by atoms with Gasteiger partial charge in [0.05, 0.1) is 19.3 Å². The lowest BCUT2D eigenvalue weighted by Crippen LogP contribution is -2.59. The maximum Gasteiger partial charge on any atom is 0.569 e. The van der Waals surface area contributed by atoms with E-state index in [-0.39, 0.29) is 36.1 Å². The predicted octanol–water partition coefficient (Wildman–Crippen LogP) is 8.55. The van der Waals surface area contributed by atoms with E-state index in [0.717, 1.165) is 76.6 Å². The molecule has 3 saturated heterocycles. The standard InChI is InChI=1S/2C23H25NO6.C20H29BrO3.C9H7BNO2/c2*1-12-8-14(15-3-2-13-6-7-24-10-16(13)9-15)4-5-17(12)19(26)23-22(29)21(28)20(27)18(11-25)30-23;1-7-18-12(3)13(4)19(23-15(6)22)20(24-18)14(5)17-9-8-16(21)10-11(17)2;12-10-13-9-2-1-7-3-4-11-6-8(7)5-9/h2*2-10,18-23,25-29H,11H2,1H3;8-10,12-14,18-20H,7H2,1-6H3;1-6,12H/t2*18?,19-,20-,21+,22?,23-;12-,13-,14+,18?,19?,20+;/m110./s1. The monoisotopic (exact) mass is 1390 g/mol. The number of aliphatic hydroxyl groups is 10. The van der Waals surface area contributed by atoms with Gasteiger partial charge in [-0.3, -0.25) is 19.7 Å². The lowest BCUT2D eigenvalue weighted by molar-refractivity contribution is -0.250. The number of fused-ring (bicyclic) bond motifs is 3. The van der Waals surface area contributed by atoms with Gasteiger partial charge in [-0.15, -0.1) is 0 Å². The molecule has 11 N–H and O–H groups in total. The van der Waals surface area contributed by atoms with Crippen LogP contribution in [0.15, 0.2) is 169 Å². The van der Waals surface area contributed by atoms with Gasteiger partial charge in [-0.1, -0.05) is 116 Å². The second-order valence-electron chi connectivity index (χ2n) is 25.2. The summed E-state index contributed by atoms with van der Waals surface area (Å²) < 4.78 is 29.0. The smallest absolute Gasteiger partial charge is 0.537 e. The fourth-order valence-electron chi connectivity index (χ4n) is 13.1. The molecule has 3 fully saturated rings. The molecule has 18 atom stereocenters. The summed E-state index contributed by atoms with van der Waals surface area (Å²) in [7, 11) is 0.664. The summed E-state index contributed by atoms with van der Waals surface area (Å²) in [6, 6.07) is 40.9. The number of carbonyl (C=O) groups excluding carboxylic acids is 1. The van der Waals surface area contributed by atoms with Crippen LogP contribution in [-0.4, -0.2) is 177 Å². The molecule has 6 aromatic carbocycles. The number of benzene rings is 6. The molecule has 1 radical (unpaired) electrons. The summed E-state index contributed by atoms with van der Waals surface area (Å²) in [5.74, 6) is 1.17. The number of aliphatic hydroxyl groups excluding tert-OH is 10. The topological polar surface area (TPSA) is 324 Å². The Bertz CT molecular complexity index is 3930. The molecule has 0 bridgehead atoms. The van der Waals surface area contributed by atoms with Gasteiger partial charge in [0.15, 0.2) is 0 Å². The van der Waals surface area contributed by atoms with Gasteiger partial charge in [0.1, 0.15) is 91.2 Å². The molecule has 513 valence electrons. The highest BCUT2D eigenvalue weighted by molar-refractivity contribution is 9.10. The van der Waals surface area contributed by atoms with Crippen LogP contribution in [0.1, 0.15) is 92.5 Å². The van der Waals surface area contributed by atoms with E-state index >= 15 is 0 Å². The van der Waals surface area contributed by atoms with Gasteiger partial charge >= 0.3 is 13.7 Å². The van der Waals surface area contributed by atoms with Crippen LogP contribution in [-0.2, 0) is 23.7 Å². The van der Waals surface area contributed by atoms with Crippen LogP contribution in [0, 0.1) is 32.6 Å². The summed E-state index contributed by atoms with van der Waals surface area (Å²) in [4.78, 5) is 24.0. The number of pyridine rings is 3. The molecule has 9 aromatic rings. The average Bonchev–Trinajstić information content (AvgIpc) is 0.799. The fourth-order valence-corrected chi connectivity index (χ4v) is 13.6. The van der Waals surface area contributed by atoms with Crippen LogP contribution in [0.3, 0.4) is 0 Å². The van der Waals surface area contributed by atoms with E-state index in [4.69, 9.17) is 28.6 Å². The normalized spacial score (nSPS) is 26.4. The van der Waals surface area contributed by atoms with Crippen molar-refractivity contribution in [3.8, 4) is 28.0 Å². The third-order valence-electron chi connectivity index (χ3n) is 18.9. The first-order valence-corrected chi connectivity index (χ1v) is 33.2. The zero-order valence-electron chi connectivity index (χ0n) is 55.3. The van der Waals surface area contributed by atoms with Crippen LogP contribution >= 0.6 is 15.9 Å². The van der Waals surface area contributed by atoms with Crippen LogP contribution < -0.4 is 4.65 Å². The van der Waals surface area contributed by atoms with E-state index in [1.54, 1.807) is 43.0 Å². The van der Waals surface area contributed by atoms with E-state index in [1.165, 1.54) is 18.1 Å². The molecule has 3 aliphatic heterocycles. The molecule has 0 spiro atoms. The molecular formula is C75H86BBrN3O17. The molecule has 6 unspecified atom stereocenters. The molecule has 22 heteroatoms. The maximum absolute atomic E-state index is 11.6. The molecule has 3 aliphatic rings. The molecule has 0 amide bonds. The predicted molar refractivity (Wildman–Crippen MR) is 372 cm³/mol. The number of aryl methyl sites for hydroxylation is 3. The van der Waals surface area contributed by atoms with Gasteiger partial charge in [-0.25, -0.2) is 0 Å². The molecule has 12 rings (SSSR count). The first-order chi connectivity index (χ1) is 46.5. The van der Waals surface area contributed by atoms with Crippen molar-refractivity contribution in [2.45, 2.75) is 159 Å². The van der Waals surface area contributed by atoms with E-state index in [2.05, 4.69) is 83.7 Å². The lowest BCUT2D eigenvalue weighted by atomic mass is 9.76. The fraction of sp³-hybridized carbons (Fsp3) is 0.387. The summed E-state index contributed by atoms with van der Waals surface area (Å²) in [5.41, 5.74) is 9.03. The zero-order chi connectivity index (χ0) is 69.9. The molecular weight excluding hydrogens is 1310 g/mol. The molecule has 20 nitrogen and oxygen atoms in total. The highest BCUT2D eigenvalue weighted by atomic mass is 79.9. The maximum atomic E-state index is 11.6. The van der Waals surface area contributed by atoms with Crippen molar-refractivity contribution in [3.05, 3.63) is 202 Å². The lowest BCUT2D eigenvalue weighted by Gasteiger charge is -2.46. The summed E-state index contributed by atoms with van der Waals surface area (Å²) in [5, 5.41) is 116. The van der Waals surface area contributed by atoms with Gasteiger partial charge in [-0.05, 0) is 160 Å². The van der Waals surface area contributed by atoms with Crippen LogP contribution in [0.25, 0.3) is 54.6 Å². The van der Waals surface area contributed by atoms with Crippen molar-refractivity contribution < 1.29 is 84.5 Å². The number of hydrogen-bond donors (Lipinski definition) is 11. The van der Waals surface area contributed by atoms with Crippen molar-refractivity contribution in [1.82, 2.24) is 15.0 Å². The number of aromatic nitrogens is 3. The van der Waals surface area contributed by atoms with Crippen LogP contribution in [0.2, 0.25) is 0 Å². The molecule has 0 saturated carbocycles. The first-order valence-electron chi connectivity index (χ1n) is 32.4. The minimum absolute atomic E-state index is 0.120. The molecule has 0 aliphatic carbocycles. The third kappa shape index (κ3) is 17.3. The number of halogens is 1. The van der Waals surface area contributed by atoms with Crippen molar-refractivity contribution in [3.63, 3.8) is 0 Å². The molecule has 97 heavy (non-hydrogen) atoms. The quantitative estimate of drug-likeness (QED) is 0.0359. The van der Waals surface area contributed by atoms with Crippen LogP contribution in [0.5, 0.6) is 5.75 Å². The summed E-state index contributed by atoms with van der Waals surface area (Å²) in [6.45, 7) is 14.9. The number of nitrogens with zero attached hydrogens (tertiary/aromatic N) is 3.